The van der Waals surface area contributed by atoms with Crippen molar-refractivity contribution in [1.82, 2.24) is 4.98 Å². The van der Waals surface area contributed by atoms with E-state index in [9.17, 15) is 27.2 Å². The third kappa shape index (κ3) is 7.64. The Labute approximate surface area is 208 Å². The number of aliphatic carboxylic acids is 1. The van der Waals surface area contributed by atoms with Crippen LogP contribution in [0, 0.1) is 19.7 Å². The lowest BCUT2D eigenvalue weighted by Gasteiger charge is -2.15. The molecule has 198 valence electrons. The summed E-state index contributed by atoms with van der Waals surface area (Å²) in [6.45, 7) is 3.86. The number of H-pyrrole nitrogens is 1. The van der Waals surface area contributed by atoms with Crippen LogP contribution in [0.15, 0.2) is 47.3 Å². The van der Waals surface area contributed by atoms with E-state index >= 15 is 0 Å². The highest BCUT2D eigenvalue weighted by Gasteiger charge is 2.38. The van der Waals surface area contributed by atoms with Gasteiger partial charge in [-0.3, -0.25) is 4.79 Å². The molecule has 0 bridgehead atoms. The fraction of sp³-hybridized carbons (Fsp3) is 0.240. The molecule has 2 aromatic carbocycles. The number of esters is 1. The minimum atomic E-state index is -5.08. The molecule has 37 heavy (non-hydrogen) atoms. The van der Waals surface area contributed by atoms with Crippen LogP contribution in [0.2, 0.25) is 0 Å². The van der Waals surface area contributed by atoms with E-state index < -0.39 is 18.1 Å². The molecule has 1 aromatic heterocycles. The van der Waals surface area contributed by atoms with E-state index in [1.165, 1.54) is 19.2 Å². The molecular weight excluding hydrogens is 500 g/mol. The molecule has 12 heteroatoms. The molecule has 0 fully saturated rings. The predicted molar refractivity (Wildman–Crippen MR) is 126 cm³/mol. The number of pyridine rings is 1. The average molecular weight is 524 g/mol. The maximum absolute atomic E-state index is 13.5. The van der Waals surface area contributed by atoms with Crippen molar-refractivity contribution in [2.24, 2.45) is 5.73 Å². The first kappa shape index (κ1) is 29.0. The molecule has 0 aliphatic carbocycles. The highest BCUT2D eigenvalue weighted by molar-refractivity contribution is 5.91. The fourth-order valence-corrected chi connectivity index (χ4v) is 3.24. The number of carbonyl (C=O) groups excluding carboxylic acids is 1. The lowest BCUT2D eigenvalue weighted by atomic mass is 9.98. The summed E-state index contributed by atoms with van der Waals surface area (Å²) in [6, 6.07) is 11.0. The number of hydrogen-bond acceptors (Lipinski definition) is 6. The molecule has 1 heterocycles. The smallest absolute Gasteiger partial charge is 0.488 e. The Hall–Kier alpha value is -4.19. The molecule has 0 amide bonds. The maximum atomic E-state index is 13.5. The summed E-state index contributed by atoms with van der Waals surface area (Å²) in [5.74, 6) is -3.27. The van der Waals surface area contributed by atoms with Gasteiger partial charge in [0.2, 0.25) is 0 Å². The van der Waals surface area contributed by atoms with E-state index in [0.29, 0.717) is 33.7 Å². The Balaban J connectivity index is 0.000000604. The van der Waals surface area contributed by atoms with Crippen LogP contribution in [-0.4, -0.2) is 35.3 Å². The zero-order chi connectivity index (χ0) is 27.9. The van der Waals surface area contributed by atoms with Crippen LogP contribution in [0.1, 0.15) is 32.7 Å². The minimum absolute atomic E-state index is 0.110. The summed E-state index contributed by atoms with van der Waals surface area (Å²) in [7, 11) is 1.30. The number of alkyl halides is 3. The SMILES string of the molecule is COC(=O)c1ccc(C)c(-c2c(OCc3ccc(F)cc3CN)cc(C)[nH]c2=O)c1.O=C(O)C(F)(F)F. The topological polar surface area (TPSA) is 132 Å². The van der Waals surface area contributed by atoms with Crippen molar-refractivity contribution >= 4 is 11.9 Å². The van der Waals surface area contributed by atoms with Crippen LogP contribution >= 0.6 is 0 Å². The van der Waals surface area contributed by atoms with E-state index in [0.717, 1.165) is 11.1 Å². The van der Waals surface area contributed by atoms with Gasteiger partial charge >= 0.3 is 18.1 Å². The number of methoxy groups -OCH3 is 1. The zero-order valence-electron chi connectivity index (χ0n) is 20.0. The second-order valence-corrected chi connectivity index (χ2v) is 7.75. The van der Waals surface area contributed by atoms with Crippen molar-refractivity contribution in [2.75, 3.05) is 7.11 Å². The van der Waals surface area contributed by atoms with Crippen molar-refractivity contribution in [3.8, 4) is 16.9 Å². The molecular formula is C25H24F4N2O6. The van der Waals surface area contributed by atoms with E-state index in [-0.39, 0.29) is 24.5 Å². The first-order chi connectivity index (χ1) is 17.3. The largest absolute Gasteiger partial charge is 0.490 e. The Bertz CT molecular complexity index is 1350. The highest BCUT2D eigenvalue weighted by Crippen LogP contribution is 2.31. The van der Waals surface area contributed by atoms with Gasteiger partial charge in [-0.05, 0) is 60.4 Å². The first-order valence-corrected chi connectivity index (χ1v) is 10.6. The van der Waals surface area contributed by atoms with Crippen LogP contribution in [0.3, 0.4) is 0 Å². The van der Waals surface area contributed by atoms with Crippen LogP contribution < -0.4 is 16.0 Å². The number of rotatable bonds is 6. The molecule has 0 aliphatic rings. The molecule has 3 aromatic rings. The van der Waals surface area contributed by atoms with Crippen molar-refractivity contribution in [3.05, 3.63) is 86.6 Å². The van der Waals surface area contributed by atoms with E-state index in [2.05, 4.69) is 4.98 Å². The normalized spacial score (nSPS) is 10.8. The number of aromatic amines is 1. The molecule has 0 saturated carbocycles. The molecule has 8 nitrogen and oxygen atoms in total. The van der Waals surface area contributed by atoms with Gasteiger partial charge in [-0.2, -0.15) is 13.2 Å². The summed E-state index contributed by atoms with van der Waals surface area (Å²) in [5, 5.41) is 7.12. The van der Waals surface area contributed by atoms with Crippen LogP contribution in [0.4, 0.5) is 17.6 Å². The van der Waals surface area contributed by atoms with E-state index in [4.69, 9.17) is 25.1 Å². The molecule has 0 spiro atoms. The molecule has 0 saturated heterocycles. The van der Waals surface area contributed by atoms with Gasteiger partial charge in [0.25, 0.3) is 5.56 Å². The second kappa shape index (κ2) is 12.2. The third-order valence-electron chi connectivity index (χ3n) is 5.07. The highest BCUT2D eigenvalue weighted by atomic mass is 19.4. The van der Waals surface area contributed by atoms with Gasteiger partial charge in [0.05, 0.1) is 18.2 Å². The Morgan fingerprint density at radius 2 is 1.70 bits per heavy atom. The average Bonchev–Trinajstić information content (AvgIpc) is 2.82. The maximum Gasteiger partial charge on any atom is 0.490 e. The van der Waals surface area contributed by atoms with Crippen molar-refractivity contribution in [2.45, 2.75) is 33.2 Å². The molecule has 3 rings (SSSR count). The number of aromatic nitrogens is 1. The van der Waals surface area contributed by atoms with Gasteiger partial charge in [0.15, 0.2) is 0 Å². The number of aryl methyl sites for hydroxylation is 2. The van der Waals surface area contributed by atoms with Gasteiger partial charge in [-0.1, -0.05) is 12.1 Å². The predicted octanol–water partition coefficient (Wildman–Crippen LogP) is 4.26. The quantitative estimate of drug-likeness (QED) is 0.324. The van der Waals surface area contributed by atoms with Crippen molar-refractivity contribution in [3.63, 3.8) is 0 Å². The van der Waals surface area contributed by atoms with Crippen LogP contribution in [-0.2, 0) is 22.7 Å². The Morgan fingerprint density at radius 3 is 2.27 bits per heavy atom. The summed E-state index contributed by atoms with van der Waals surface area (Å²) >= 11 is 0. The minimum Gasteiger partial charge on any atom is -0.488 e. The van der Waals surface area contributed by atoms with Gasteiger partial charge in [-0.15, -0.1) is 0 Å². The molecule has 0 aliphatic heterocycles. The number of benzene rings is 2. The molecule has 0 radical (unpaired) electrons. The lowest BCUT2D eigenvalue weighted by Crippen LogP contribution is -2.21. The summed E-state index contributed by atoms with van der Waals surface area (Å²) < 4.78 is 56.0. The number of ether oxygens (including phenoxy) is 2. The summed E-state index contributed by atoms with van der Waals surface area (Å²) in [6.07, 6.45) is -5.08. The fourth-order valence-electron chi connectivity index (χ4n) is 3.24. The third-order valence-corrected chi connectivity index (χ3v) is 5.07. The van der Waals surface area contributed by atoms with Gasteiger partial charge in [0, 0.05) is 18.3 Å². The van der Waals surface area contributed by atoms with Crippen LogP contribution in [0.5, 0.6) is 5.75 Å². The van der Waals surface area contributed by atoms with Crippen molar-refractivity contribution < 1.29 is 41.7 Å². The lowest BCUT2D eigenvalue weighted by molar-refractivity contribution is -0.192. The Kier molecular flexibility index (Phi) is 9.55. The van der Waals surface area contributed by atoms with E-state index in [1.54, 1.807) is 37.3 Å². The number of nitrogens with two attached hydrogens (primary N) is 1. The monoisotopic (exact) mass is 524 g/mol. The first-order valence-electron chi connectivity index (χ1n) is 10.6. The number of carboxylic acids is 1. The van der Waals surface area contributed by atoms with E-state index in [1.807, 2.05) is 6.92 Å². The standard InChI is InChI=1S/C23H23FN2O4.C2HF3O2/c1-13-4-5-15(23(28)29-3)10-19(13)21-20(8-14(2)26-22(21)27)30-12-16-6-7-18(24)9-17(16)11-25;3-2(4,5)1(6)7/h4-10H,11-12,25H2,1-3H3,(H,26,27);(H,6,7). The Morgan fingerprint density at radius 1 is 1.05 bits per heavy atom. The summed E-state index contributed by atoms with van der Waals surface area (Å²) in [4.78, 5) is 36.5. The van der Waals surface area contributed by atoms with Gasteiger partial charge in [0.1, 0.15) is 18.2 Å². The summed E-state index contributed by atoms with van der Waals surface area (Å²) in [5.41, 5.74) is 9.34. The molecule has 0 unspecified atom stereocenters. The number of carboxylic acid groups (broad SMARTS) is 1. The number of nitrogens with one attached hydrogen (secondary N) is 1. The molecule has 4 N–H and O–H groups in total. The van der Waals surface area contributed by atoms with Gasteiger partial charge < -0.3 is 25.3 Å². The van der Waals surface area contributed by atoms with Crippen LogP contribution in [0.25, 0.3) is 11.1 Å². The molecule has 0 atom stereocenters. The zero-order valence-corrected chi connectivity index (χ0v) is 20.0. The number of hydrogen-bond donors (Lipinski definition) is 3. The van der Waals surface area contributed by atoms with Gasteiger partial charge in [-0.25, -0.2) is 14.0 Å². The number of carbonyl (C=O) groups is 2. The van der Waals surface area contributed by atoms with Crippen molar-refractivity contribution in [1.29, 1.82) is 0 Å². The number of halogens is 4. The second-order valence-electron chi connectivity index (χ2n) is 7.75.